The zero-order chi connectivity index (χ0) is 40.4. The van der Waals surface area contributed by atoms with Gasteiger partial charge in [0, 0.05) is 46.6 Å². The lowest BCUT2D eigenvalue weighted by Gasteiger charge is -2.15. The Morgan fingerprint density at radius 3 is 2.19 bits per heavy atom. The van der Waals surface area contributed by atoms with Crippen LogP contribution in [0.15, 0.2) is 100 Å². The van der Waals surface area contributed by atoms with Gasteiger partial charge in [-0.05, 0) is 73.5 Å². The van der Waals surface area contributed by atoms with Crippen LogP contribution in [0.2, 0.25) is 0 Å². The molecule has 0 radical (unpaired) electrons. The summed E-state index contributed by atoms with van der Waals surface area (Å²) in [6.07, 6.45) is 12.2. The van der Waals surface area contributed by atoms with Gasteiger partial charge in [0.05, 0.1) is 24.7 Å². The van der Waals surface area contributed by atoms with E-state index in [1.54, 1.807) is 47.5 Å². The van der Waals surface area contributed by atoms with Crippen LogP contribution in [-0.2, 0) is 9.32 Å². The van der Waals surface area contributed by atoms with Crippen molar-refractivity contribution in [1.82, 2.24) is 10.4 Å². The molecule has 12 heteroatoms. The van der Waals surface area contributed by atoms with Gasteiger partial charge < -0.3 is 20.5 Å². The lowest BCUT2D eigenvalue weighted by atomic mass is 10.00. The molecule has 5 aromatic carbocycles. The number of phenolic OH excluding ortho intramolecular Hbond substituents is 1. The average Bonchev–Trinajstić information content (AvgIpc) is 3.23. The molecule has 0 saturated heterocycles. The maximum Gasteiger partial charge on any atom is 0.259 e. The van der Waals surface area contributed by atoms with Crippen LogP contribution in [0.1, 0.15) is 106 Å². The second-order valence-electron chi connectivity index (χ2n) is 13.8. The minimum Gasteiger partial charge on any atom is -0.505 e. The molecule has 0 saturated carbocycles. The number of ether oxygens (including phenoxy) is 1. The number of rotatable bonds is 23. The van der Waals surface area contributed by atoms with E-state index in [0.29, 0.717) is 58.0 Å². The lowest BCUT2D eigenvalue weighted by Crippen LogP contribution is -2.24. The van der Waals surface area contributed by atoms with Crippen molar-refractivity contribution in [2.45, 2.75) is 89.9 Å². The molecule has 0 spiro atoms. The number of carbonyl (C=O) groups excluding carboxylic acids is 2. The van der Waals surface area contributed by atoms with Crippen LogP contribution in [0.4, 0.5) is 17.1 Å². The molecule has 0 bridgehead atoms. The first-order valence-corrected chi connectivity index (χ1v) is 20.8. The predicted molar refractivity (Wildman–Crippen MR) is 230 cm³/mol. The molecule has 0 aromatic heterocycles. The first kappa shape index (κ1) is 43.1. The van der Waals surface area contributed by atoms with Crippen molar-refractivity contribution in [1.29, 1.82) is 0 Å². The second kappa shape index (κ2) is 22.7. The van der Waals surface area contributed by atoms with E-state index in [2.05, 4.69) is 27.8 Å². The monoisotopic (exact) mass is 793 g/mol. The predicted octanol–water partition coefficient (Wildman–Crippen LogP) is 12.2. The zero-order valence-corrected chi connectivity index (χ0v) is 34.3. The molecule has 0 aliphatic heterocycles. The van der Waals surface area contributed by atoms with Crippen LogP contribution < -0.4 is 15.4 Å². The standard InChI is InChI=1S/C45H55N5O6S/c1-5-8-9-10-11-12-13-14-15-18-28-46-44(52)33-24-26-37-34(29-33)30-38(45(53)47-39-23-19-21-32-20-16-17-22-36(32)39)43(51)42(37)49-48-40-31-35(25-27-41(40)54-4)57-56-55-50(6-2)7-3/h16-17,19-27,29-31,51H,5-15,18,28H2,1-4H3,(H,46,52)(H,47,53). The number of azo groups is 1. The van der Waals surface area contributed by atoms with Gasteiger partial charge in [0.25, 0.3) is 11.8 Å². The Morgan fingerprint density at radius 2 is 1.46 bits per heavy atom. The molecule has 302 valence electrons. The summed E-state index contributed by atoms with van der Waals surface area (Å²) in [5.41, 5.74) is 1.42. The van der Waals surface area contributed by atoms with Crippen molar-refractivity contribution in [3.8, 4) is 11.5 Å². The number of nitrogens with one attached hydrogen (secondary N) is 2. The fraction of sp³-hybridized carbons (Fsp3) is 0.378. The molecular formula is C45H55N5O6S. The molecule has 3 N–H and O–H groups in total. The van der Waals surface area contributed by atoms with E-state index in [9.17, 15) is 14.7 Å². The van der Waals surface area contributed by atoms with Gasteiger partial charge in [-0.15, -0.1) is 19.6 Å². The van der Waals surface area contributed by atoms with Crippen molar-refractivity contribution in [2.75, 3.05) is 32.1 Å². The van der Waals surface area contributed by atoms with Gasteiger partial charge in [-0.25, -0.2) is 0 Å². The Hall–Kier alpha value is -5.01. The number of amides is 2. The molecule has 11 nitrogen and oxygen atoms in total. The molecular weight excluding hydrogens is 739 g/mol. The Morgan fingerprint density at radius 1 is 0.737 bits per heavy atom. The number of hydrogen-bond acceptors (Lipinski definition) is 10. The second-order valence-corrected chi connectivity index (χ2v) is 14.6. The largest absolute Gasteiger partial charge is 0.505 e. The summed E-state index contributed by atoms with van der Waals surface area (Å²) in [6, 6.07) is 25.3. The number of benzene rings is 5. The molecule has 57 heavy (non-hydrogen) atoms. The minimum atomic E-state index is -0.542. The Labute approximate surface area is 340 Å². The van der Waals surface area contributed by atoms with Crippen molar-refractivity contribution in [2.24, 2.45) is 10.2 Å². The summed E-state index contributed by atoms with van der Waals surface area (Å²) in [4.78, 5) is 33.3. The SMILES string of the molecule is CCCCCCCCCCCCNC(=O)c1ccc2c(N=Nc3cc(SOON(CC)CC)ccc3OC)c(O)c(C(=O)Nc3cccc4ccccc34)cc2c1. The van der Waals surface area contributed by atoms with Crippen LogP contribution in [0.3, 0.4) is 0 Å². The number of methoxy groups -OCH3 is 1. The van der Waals surface area contributed by atoms with Crippen molar-refractivity contribution in [3.05, 3.63) is 96.1 Å². The summed E-state index contributed by atoms with van der Waals surface area (Å²) < 4.78 is 10.9. The molecule has 5 rings (SSSR count). The van der Waals surface area contributed by atoms with Gasteiger partial charge in [0.15, 0.2) is 5.75 Å². The highest BCUT2D eigenvalue weighted by atomic mass is 32.2. The van der Waals surface area contributed by atoms with Crippen molar-refractivity contribution < 1.29 is 28.8 Å². The Balaban J connectivity index is 1.39. The van der Waals surface area contributed by atoms with Crippen LogP contribution in [0.5, 0.6) is 11.5 Å². The van der Waals surface area contributed by atoms with E-state index >= 15 is 0 Å². The van der Waals surface area contributed by atoms with Crippen LogP contribution in [0.25, 0.3) is 21.5 Å². The highest BCUT2D eigenvalue weighted by molar-refractivity contribution is 7.94. The Kier molecular flexibility index (Phi) is 17.1. The third-order valence-corrected chi connectivity index (χ3v) is 10.4. The van der Waals surface area contributed by atoms with E-state index in [-0.39, 0.29) is 22.9 Å². The maximum absolute atomic E-state index is 14.0. The number of hydrogen-bond donors (Lipinski definition) is 3. The number of anilines is 1. The highest BCUT2D eigenvalue weighted by Gasteiger charge is 2.21. The normalized spacial score (nSPS) is 11.5. The first-order valence-electron chi connectivity index (χ1n) is 20.1. The minimum absolute atomic E-state index is 0.0227. The summed E-state index contributed by atoms with van der Waals surface area (Å²) in [5, 5.41) is 31.2. The van der Waals surface area contributed by atoms with Gasteiger partial charge in [0.1, 0.15) is 17.1 Å². The van der Waals surface area contributed by atoms with Gasteiger partial charge in [0.2, 0.25) is 0 Å². The van der Waals surface area contributed by atoms with E-state index in [0.717, 1.165) is 42.1 Å². The molecule has 0 unspecified atom stereocenters. The molecule has 2 amide bonds. The first-order chi connectivity index (χ1) is 27.9. The van der Waals surface area contributed by atoms with Crippen molar-refractivity contribution in [3.63, 3.8) is 0 Å². The van der Waals surface area contributed by atoms with Crippen LogP contribution in [-0.4, -0.2) is 48.7 Å². The van der Waals surface area contributed by atoms with Crippen molar-refractivity contribution >= 4 is 62.5 Å². The molecule has 0 aliphatic carbocycles. The fourth-order valence-electron chi connectivity index (χ4n) is 6.56. The smallest absolute Gasteiger partial charge is 0.259 e. The number of hydroxylamine groups is 2. The third-order valence-electron chi connectivity index (χ3n) is 9.83. The highest BCUT2D eigenvalue weighted by Crippen LogP contribution is 2.42. The maximum atomic E-state index is 14.0. The van der Waals surface area contributed by atoms with Gasteiger partial charge in [-0.3, -0.25) is 9.59 Å². The molecule has 5 aromatic rings. The van der Waals surface area contributed by atoms with Gasteiger partial charge >= 0.3 is 0 Å². The number of carbonyl (C=O) groups is 2. The lowest BCUT2D eigenvalue weighted by molar-refractivity contribution is -0.357. The number of aromatic hydroxyl groups is 1. The number of fused-ring (bicyclic) bond motifs is 2. The van der Waals surface area contributed by atoms with E-state index in [1.807, 2.05) is 56.3 Å². The third kappa shape index (κ3) is 12.2. The molecule has 0 aliphatic rings. The summed E-state index contributed by atoms with van der Waals surface area (Å²) >= 11 is 1.00. The fourth-order valence-corrected chi connectivity index (χ4v) is 7.04. The zero-order valence-electron chi connectivity index (χ0n) is 33.5. The number of unbranched alkanes of at least 4 members (excludes halogenated alkanes) is 9. The molecule has 0 atom stereocenters. The van der Waals surface area contributed by atoms with Crippen LogP contribution in [0, 0.1) is 0 Å². The van der Waals surface area contributed by atoms with E-state index in [1.165, 1.54) is 52.1 Å². The average molecular weight is 794 g/mol. The van der Waals surface area contributed by atoms with Gasteiger partial charge in [-0.1, -0.05) is 107 Å². The molecule has 0 heterocycles. The Bertz CT molecular complexity index is 2120. The number of nitrogens with zero attached hydrogens (tertiary/aromatic N) is 3. The molecule has 0 fully saturated rings. The number of phenols is 1. The summed E-state index contributed by atoms with van der Waals surface area (Å²) in [6.45, 7) is 8.04. The van der Waals surface area contributed by atoms with E-state index in [4.69, 9.17) is 14.1 Å². The van der Waals surface area contributed by atoms with E-state index < -0.39 is 5.91 Å². The summed E-state index contributed by atoms with van der Waals surface area (Å²) in [7, 11) is 1.52. The summed E-state index contributed by atoms with van der Waals surface area (Å²) in [5.74, 6) is -0.679. The van der Waals surface area contributed by atoms with Gasteiger partial charge in [-0.2, -0.15) is 5.06 Å². The van der Waals surface area contributed by atoms with Crippen LogP contribution >= 0.6 is 12.0 Å². The topological polar surface area (TPSA) is 134 Å². The quantitative estimate of drug-likeness (QED) is 0.0196.